The van der Waals surface area contributed by atoms with Crippen LogP contribution in [0.15, 0.2) is 60.0 Å². The number of anilines is 1. The fraction of sp³-hybridized carbons (Fsp3) is 0.211. The molecule has 2 aromatic carbocycles. The second kappa shape index (κ2) is 7.80. The van der Waals surface area contributed by atoms with Gasteiger partial charge in [0.05, 0.1) is 11.4 Å². The van der Waals surface area contributed by atoms with E-state index in [9.17, 15) is 8.42 Å². The normalized spacial score (nSPS) is 11.4. The minimum atomic E-state index is -3.30. The Kier molecular flexibility index (Phi) is 5.50. The van der Waals surface area contributed by atoms with Crippen LogP contribution in [0.1, 0.15) is 19.8 Å². The van der Waals surface area contributed by atoms with E-state index in [1.807, 2.05) is 60.8 Å². The Balaban J connectivity index is 1.81. The highest BCUT2D eigenvalue weighted by molar-refractivity contribution is 7.92. The van der Waals surface area contributed by atoms with Gasteiger partial charge in [0, 0.05) is 22.2 Å². The lowest BCUT2D eigenvalue weighted by Crippen LogP contribution is -2.16. The number of aromatic nitrogens is 1. The molecule has 0 spiro atoms. The first-order chi connectivity index (χ1) is 12.1. The molecule has 0 bridgehead atoms. The summed E-state index contributed by atoms with van der Waals surface area (Å²) in [7, 11) is -3.30. The Hall–Kier alpha value is -2.18. The summed E-state index contributed by atoms with van der Waals surface area (Å²) >= 11 is 1.58. The van der Waals surface area contributed by atoms with Crippen molar-refractivity contribution in [2.24, 2.45) is 0 Å². The van der Waals surface area contributed by atoms with Crippen molar-refractivity contribution < 1.29 is 8.42 Å². The van der Waals surface area contributed by atoms with Gasteiger partial charge in [0.15, 0.2) is 0 Å². The number of unbranched alkanes of at least 4 members (excludes halogenated alkanes) is 1. The molecule has 1 aromatic heterocycles. The molecule has 0 saturated heterocycles. The number of nitrogens with zero attached hydrogens (tertiary/aromatic N) is 1. The Bertz CT molecular complexity index is 935. The standard InChI is InChI=1S/C19H20N2O2S2/c1-2-3-12-25(22,23)21-17-11-7-10-16(13-17)18-14-24-19(20-18)15-8-5-4-6-9-15/h4-11,13-14,21H,2-3,12H2,1H3. The zero-order chi connectivity index (χ0) is 17.7. The summed E-state index contributed by atoms with van der Waals surface area (Å²) in [5, 5.41) is 2.94. The first-order valence-electron chi connectivity index (χ1n) is 8.19. The van der Waals surface area contributed by atoms with Gasteiger partial charge < -0.3 is 0 Å². The van der Waals surface area contributed by atoms with Gasteiger partial charge >= 0.3 is 0 Å². The molecule has 0 aliphatic carbocycles. The lowest BCUT2D eigenvalue weighted by molar-refractivity contribution is 0.598. The second-order valence-electron chi connectivity index (χ2n) is 5.76. The van der Waals surface area contributed by atoms with Crippen LogP contribution < -0.4 is 4.72 Å². The zero-order valence-corrected chi connectivity index (χ0v) is 15.6. The molecule has 0 radical (unpaired) electrons. The third kappa shape index (κ3) is 4.67. The lowest BCUT2D eigenvalue weighted by Gasteiger charge is -2.08. The fourth-order valence-corrected chi connectivity index (χ4v) is 4.52. The van der Waals surface area contributed by atoms with E-state index < -0.39 is 10.0 Å². The second-order valence-corrected chi connectivity index (χ2v) is 8.46. The number of benzene rings is 2. The van der Waals surface area contributed by atoms with Crippen LogP contribution in [0, 0.1) is 0 Å². The van der Waals surface area contributed by atoms with Crippen molar-refractivity contribution in [3.05, 3.63) is 60.0 Å². The molecule has 3 aromatic rings. The van der Waals surface area contributed by atoms with Crippen LogP contribution >= 0.6 is 11.3 Å². The van der Waals surface area contributed by atoms with Gasteiger partial charge in [-0.3, -0.25) is 4.72 Å². The molecule has 4 nitrogen and oxygen atoms in total. The molecule has 1 heterocycles. The molecule has 130 valence electrons. The van der Waals surface area contributed by atoms with Crippen molar-refractivity contribution in [3.63, 3.8) is 0 Å². The monoisotopic (exact) mass is 372 g/mol. The molecule has 25 heavy (non-hydrogen) atoms. The Morgan fingerprint density at radius 1 is 1.04 bits per heavy atom. The SMILES string of the molecule is CCCCS(=O)(=O)Nc1cccc(-c2csc(-c3ccccc3)n2)c1. The van der Waals surface area contributed by atoms with Crippen LogP contribution in [0.25, 0.3) is 21.8 Å². The van der Waals surface area contributed by atoms with Gasteiger partial charge in [0.2, 0.25) is 10.0 Å². The molecular weight excluding hydrogens is 352 g/mol. The van der Waals surface area contributed by atoms with Crippen molar-refractivity contribution in [2.75, 3.05) is 10.5 Å². The van der Waals surface area contributed by atoms with E-state index in [1.165, 1.54) is 0 Å². The highest BCUT2D eigenvalue weighted by atomic mass is 32.2. The number of sulfonamides is 1. The van der Waals surface area contributed by atoms with Crippen LogP contribution in [0.4, 0.5) is 5.69 Å². The Morgan fingerprint density at radius 2 is 1.80 bits per heavy atom. The highest BCUT2D eigenvalue weighted by Crippen LogP contribution is 2.30. The molecule has 0 amide bonds. The quantitative estimate of drug-likeness (QED) is 0.633. The van der Waals surface area contributed by atoms with Crippen LogP contribution in [-0.4, -0.2) is 19.2 Å². The first kappa shape index (κ1) is 17.6. The predicted molar refractivity (Wildman–Crippen MR) is 105 cm³/mol. The van der Waals surface area contributed by atoms with Gasteiger partial charge in [-0.2, -0.15) is 0 Å². The molecule has 6 heteroatoms. The van der Waals surface area contributed by atoms with E-state index in [0.29, 0.717) is 12.1 Å². The van der Waals surface area contributed by atoms with E-state index in [1.54, 1.807) is 17.4 Å². The van der Waals surface area contributed by atoms with Crippen LogP contribution in [0.2, 0.25) is 0 Å². The van der Waals surface area contributed by atoms with Crippen LogP contribution in [0.3, 0.4) is 0 Å². The van der Waals surface area contributed by atoms with E-state index in [4.69, 9.17) is 0 Å². The summed E-state index contributed by atoms with van der Waals surface area (Å²) in [6.07, 6.45) is 1.50. The van der Waals surface area contributed by atoms with Gasteiger partial charge in [-0.05, 0) is 18.6 Å². The fourth-order valence-electron chi connectivity index (χ4n) is 2.43. The van der Waals surface area contributed by atoms with Gasteiger partial charge in [-0.25, -0.2) is 13.4 Å². The lowest BCUT2D eigenvalue weighted by atomic mass is 10.1. The molecule has 0 unspecified atom stereocenters. The van der Waals surface area contributed by atoms with Crippen molar-refractivity contribution >= 4 is 27.0 Å². The van der Waals surface area contributed by atoms with E-state index in [2.05, 4.69) is 9.71 Å². The summed E-state index contributed by atoms with van der Waals surface area (Å²) in [6.45, 7) is 1.97. The van der Waals surface area contributed by atoms with Gasteiger partial charge in [0.1, 0.15) is 5.01 Å². The zero-order valence-electron chi connectivity index (χ0n) is 14.0. The smallest absolute Gasteiger partial charge is 0.232 e. The largest absolute Gasteiger partial charge is 0.284 e. The minimum Gasteiger partial charge on any atom is -0.284 e. The van der Waals surface area contributed by atoms with Crippen molar-refractivity contribution in [2.45, 2.75) is 19.8 Å². The molecule has 3 rings (SSSR count). The predicted octanol–water partition coefficient (Wildman–Crippen LogP) is 5.02. The summed E-state index contributed by atoms with van der Waals surface area (Å²) in [5.74, 6) is 0.141. The maximum absolute atomic E-state index is 12.1. The Labute approximate surface area is 152 Å². The van der Waals surface area contributed by atoms with Crippen molar-refractivity contribution in [3.8, 4) is 21.8 Å². The van der Waals surface area contributed by atoms with E-state index >= 15 is 0 Å². The maximum Gasteiger partial charge on any atom is 0.232 e. The topological polar surface area (TPSA) is 59.1 Å². The number of thiazole rings is 1. The van der Waals surface area contributed by atoms with Gasteiger partial charge in [-0.15, -0.1) is 11.3 Å². The molecule has 0 saturated carbocycles. The molecule has 0 atom stereocenters. The third-order valence-corrected chi connectivity index (χ3v) is 5.99. The average molecular weight is 373 g/mol. The maximum atomic E-state index is 12.1. The Morgan fingerprint density at radius 3 is 2.56 bits per heavy atom. The first-order valence-corrected chi connectivity index (χ1v) is 10.7. The molecule has 1 N–H and O–H groups in total. The van der Waals surface area contributed by atoms with Crippen molar-refractivity contribution in [1.29, 1.82) is 0 Å². The highest BCUT2D eigenvalue weighted by Gasteiger charge is 2.11. The number of rotatable bonds is 7. The van der Waals surface area contributed by atoms with E-state index in [0.717, 1.165) is 28.2 Å². The van der Waals surface area contributed by atoms with Crippen molar-refractivity contribution in [1.82, 2.24) is 4.98 Å². The molecular formula is C19H20N2O2S2. The van der Waals surface area contributed by atoms with Crippen LogP contribution in [0.5, 0.6) is 0 Å². The van der Waals surface area contributed by atoms with Gasteiger partial charge in [0.25, 0.3) is 0 Å². The van der Waals surface area contributed by atoms with Gasteiger partial charge in [-0.1, -0.05) is 55.8 Å². The minimum absolute atomic E-state index is 0.141. The summed E-state index contributed by atoms with van der Waals surface area (Å²) < 4.78 is 26.8. The summed E-state index contributed by atoms with van der Waals surface area (Å²) in [4.78, 5) is 4.68. The summed E-state index contributed by atoms with van der Waals surface area (Å²) in [6, 6.07) is 17.4. The molecule has 0 aliphatic heterocycles. The number of hydrogen-bond donors (Lipinski definition) is 1. The molecule has 0 aliphatic rings. The van der Waals surface area contributed by atoms with Crippen LogP contribution in [-0.2, 0) is 10.0 Å². The third-order valence-electron chi connectivity index (χ3n) is 3.72. The number of hydrogen-bond acceptors (Lipinski definition) is 4. The average Bonchev–Trinajstić information content (AvgIpc) is 3.11. The molecule has 0 fully saturated rings. The number of nitrogens with one attached hydrogen (secondary N) is 1. The van der Waals surface area contributed by atoms with E-state index in [-0.39, 0.29) is 5.75 Å². The summed E-state index contributed by atoms with van der Waals surface area (Å²) in [5.41, 5.74) is 3.39.